The fraction of sp³-hybridized carbons (Fsp3) is 0.0833. The van der Waals surface area contributed by atoms with Crippen molar-refractivity contribution in [1.29, 1.82) is 0 Å². The predicted octanol–water partition coefficient (Wildman–Crippen LogP) is 1.84. The van der Waals surface area contributed by atoms with Crippen molar-refractivity contribution in [3.8, 4) is 0 Å². The van der Waals surface area contributed by atoms with Crippen molar-refractivity contribution in [2.75, 3.05) is 5.32 Å². The minimum Gasteiger partial charge on any atom is -0.478 e. The van der Waals surface area contributed by atoms with Gasteiger partial charge >= 0.3 is 5.97 Å². The number of carboxylic acid groups (broad SMARTS) is 1. The third kappa shape index (κ3) is 2.86. The van der Waals surface area contributed by atoms with Crippen LogP contribution in [-0.4, -0.2) is 27.1 Å². The van der Waals surface area contributed by atoms with Gasteiger partial charge < -0.3 is 14.9 Å². The molecular weight excluding hydrogens is 282 g/mol. The van der Waals surface area contributed by atoms with Gasteiger partial charge in [-0.2, -0.15) is 0 Å². The van der Waals surface area contributed by atoms with E-state index in [2.05, 4.69) is 10.5 Å². The summed E-state index contributed by atoms with van der Waals surface area (Å²) >= 11 is 0. The van der Waals surface area contributed by atoms with Crippen LogP contribution in [0.2, 0.25) is 0 Å². The van der Waals surface area contributed by atoms with Gasteiger partial charge in [0.25, 0.3) is 11.6 Å². The lowest BCUT2D eigenvalue weighted by atomic mass is 10.1. The summed E-state index contributed by atoms with van der Waals surface area (Å²) in [5.41, 5.74) is -0.358. The molecule has 1 heterocycles. The summed E-state index contributed by atoms with van der Waals surface area (Å²) < 4.78 is 4.73. The zero-order valence-corrected chi connectivity index (χ0v) is 10.7. The zero-order valence-electron chi connectivity index (χ0n) is 10.7. The second kappa shape index (κ2) is 5.41. The molecule has 2 rings (SSSR count). The van der Waals surface area contributed by atoms with Gasteiger partial charge in [0.2, 0.25) is 5.76 Å². The molecule has 2 aromatic rings. The number of carbonyl (C=O) groups excluding carboxylic acids is 1. The van der Waals surface area contributed by atoms with Crippen LogP contribution in [-0.2, 0) is 0 Å². The molecule has 21 heavy (non-hydrogen) atoms. The number of amides is 1. The first-order valence-corrected chi connectivity index (χ1v) is 5.64. The van der Waals surface area contributed by atoms with Crippen molar-refractivity contribution in [3.63, 3.8) is 0 Å². The number of nitrogens with one attached hydrogen (secondary N) is 1. The van der Waals surface area contributed by atoms with Crippen LogP contribution in [0.4, 0.5) is 11.4 Å². The Morgan fingerprint density at radius 2 is 2.14 bits per heavy atom. The molecule has 0 unspecified atom stereocenters. The number of hydrogen-bond acceptors (Lipinski definition) is 6. The Morgan fingerprint density at radius 1 is 1.43 bits per heavy atom. The molecule has 0 saturated carbocycles. The highest BCUT2D eigenvalue weighted by molar-refractivity contribution is 6.07. The van der Waals surface area contributed by atoms with E-state index in [4.69, 9.17) is 9.63 Å². The maximum atomic E-state index is 11.9. The molecule has 0 saturated heterocycles. The number of nitro groups is 1. The summed E-state index contributed by atoms with van der Waals surface area (Å²) in [6.45, 7) is 1.58. The number of aromatic carboxylic acids is 1. The van der Waals surface area contributed by atoms with Gasteiger partial charge in [-0.15, -0.1) is 0 Å². The first kappa shape index (κ1) is 14.2. The predicted molar refractivity (Wildman–Crippen MR) is 69.2 cm³/mol. The summed E-state index contributed by atoms with van der Waals surface area (Å²) in [6, 6.07) is 3.05. The topological polar surface area (TPSA) is 136 Å². The molecule has 0 bridgehead atoms. The lowest BCUT2D eigenvalue weighted by Crippen LogP contribution is -2.15. The average Bonchev–Trinajstić information content (AvgIpc) is 2.84. The van der Waals surface area contributed by atoms with Crippen molar-refractivity contribution in [2.45, 2.75) is 6.92 Å². The molecule has 0 spiro atoms. The maximum Gasteiger partial charge on any atom is 0.337 e. The van der Waals surface area contributed by atoms with Gasteiger partial charge in [-0.25, -0.2) is 4.79 Å². The van der Waals surface area contributed by atoms with Crippen LogP contribution in [0.1, 0.15) is 26.5 Å². The van der Waals surface area contributed by atoms with E-state index in [1.54, 1.807) is 6.92 Å². The van der Waals surface area contributed by atoms with Gasteiger partial charge in [-0.1, -0.05) is 5.16 Å². The monoisotopic (exact) mass is 291 g/mol. The highest BCUT2D eigenvalue weighted by Crippen LogP contribution is 2.23. The quantitative estimate of drug-likeness (QED) is 0.647. The molecule has 0 aliphatic heterocycles. The maximum absolute atomic E-state index is 11.9. The third-order valence-electron chi connectivity index (χ3n) is 2.65. The number of rotatable bonds is 4. The molecule has 1 aromatic heterocycles. The molecular formula is C12H9N3O6. The summed E-state index contributed by atoms with van der Waals surface area (Å²) in [5, 5.41) is 25.5. The SMILES string of the molecule is Cc1cnoc1C(=O)Nc1cc([N+](=O)[O-])ccc1C(=O)O. The molecule has 9 nitrogen and oxygen atoms in total. The van der Waals surface area contributed by atoms with Gasteiger partial charge in [-0.05, 0) is 13.0 Å². The van der Waals surface area contributed by atoms with E-state index < -0.39 is 16.8 Å². The normalized spacial score (nSPS) is 10.1. The Morgan fingerprint density at radius 3 is 2.67 bits per heavy atom. The van der Waals surface area contributed by atoms with Crippen molar-refractivity contribution in [3.05, 3.63) is 51.4 Å². The second-order valence-corrected chi connectivity index (χ2v) is 4.08. The van der Waals surface area contributed by atoms with Gasteiger partial charge in [-0.3, -0.25) is 14.9 Å². The number of carboxylic acids is 1. The Bertz CT molecular complexity index is 736. The fourth-order valence-electron chi connectivity index (χ4n) is 1.62. The molecule has 0 aliphatic carbocycles. The lowest BCUT2D eigenvalue weighted by molar-refractivity contribution is -0.384. The third-order valence-corrected chi connectivity index (χ3v) is 2.65. The van der Waals surface area contributed by atoms with E-state index >= 15 is 0 Å². The largest absolute Gasteiger partial charge is 0.478 e. The van der Waals surface area contributed by atoms with Crippen molar-refractivity contribution < 1.29 is 24.1 Å². The molecule has 2 N–H and O–H groups in total. The standard InChI is InChI=1S/C12H9N3O6/c1-6-5-13-21-10(6)11(16)14-9-4-7(15(19)20)2-3-8(9)12(17)18/h2-5H,1H3,(H,14,16)(H,17,18). The lowest BCUT2D eigenvalue weighted by Gasteiger charge is -2.07. The number of hydrogen-bond donors (Lipinski definition) is 2. The molecule has 0 radical (unpaired) electrons. The number of anilines is 1. The van der Waals surface area contributed by atoms with E-state index in [0.29, 0.717) is 5.56 Å². The number of nitro benzene ring substituents is 1. The van der Waals surface area contributed by atoms with Crippen LogP contribution in [0.3, 0.4) is 0 Å². The smallest absolute Gasteiger partial charge is 0.337 e. The number of benzene rings is 1. The van der Waals surface area contributed by atoms with Gasteiger partial charge in [0.05, 0.1) is 22.4 Å². The van der Waals surface area contributed by atoms with Crippen LogP contribution in [0.25, 0.3) is 0 Å². The number of non-ortho nitro benzene ring substituents is 1. The van der Waals surface area contributed by atoms with E-state index in [1.807, 2.05) is 0 Å². The Labute approximate surface area is 117 Å². The Balaban J connectivity index is 2.39. The molecule has 0 atom stereocenters. The van der Waals surface area contributed by atoms with Gasteiger partial charge in [0, 0.05) is 17.7 Å². The second-order valence-electron chi connectivity index (χ2n) is 4.08. The number of aryl methyl sites for hydroxylation is 1. The summed E-state index contributed by atoms with van der Waals surface area (Å²) in [5.74, 6) is -2.17. The molecule has 0 fully saturated rings. The summed E-state index contributed by atoms with van der Waals surface area (Å²) in [4.78, 5) is 33.1. The van der Waals surface area contributed by atoms with Gasteiger partial charge in [0.15, 0.2) is 0 Å². The fourth-order valence-corrected chi connectivity index (χ4v) is 1.62. The molecule has 1 amide bonds. The first-order chi connectivity index (χ1) is 9.90. The Kier molecular flexibility index (Phi) is 3.65. The van der Waals surface area contributed by atoms with E-state index in [1.165, 1.54) is 6.20 Å². The molecule has 0 aliphatic rings. The van der Waals surface area contributed by atoms with Crippen LogP contribution >= 0.6 is 0 Å². The van der Waals surface area contributed by atoms with Crippen LogP contribution < -0.4 is 5.32 Å². The minimum atomic E-state index is -1.32. The van der Waals surface area contributed by atoms with Crippen LogP contribution in [0.5, 0.6) is 0 Å². The van der Waals surface area contributed by atoms with Crippen molar-refractivity contribution >= 4 is 23.3 Å². The number of aromatic nitrogens is 1. The highest BCUT2D eigenvalue weighted by atomic mass is 16.6. The Hall–Kier alpha value is -3.23. The molecule has 1 aromatic carbocycles. The minimum absolute atomic E-state index is 0.0992. The number of carbonyl (C=O) groups is 2. The average molecular weight is 291 g/mol. The summed E-state index contributed by atoms with van der Waals surface area (Å²) in [6.07, 6.45) is 1.32. The van der Waals surface area contributed by atoms with E-state index in [0.717, 1.165) is 18.2 Å². The molecule has 108 valence electrons. The van der Waals surface area contributed by atoms with E-state index in [-0.39, 0.29) is 22.7 Å². The number of nitrogens with zero attached hydrogens (tertiary/aromatic N) is 2. The van der Waals surface area contributed by atoms with Crippen molar-refractivity contribution in [1.82, 2.24) is 5.16 Å². The summed E-state index contributed by atoms with van der Waals surface area (Å²) in [7, 11) is 0. The van der Waals surface area contributed by atoms with Crippen LogP contribution in [0, 0.1) is 17.0 Å². The van der Waals surface area contributed by atoms with Crippen molar-refractivity contribution in [2.24, 2.45) is 0 Å². The first-order valence-electron chi connectivity index (χ1n) is 5.64. The van der Waals surface area contributed by atoms with Crippen LogP contribution in [0.15, 0.2) is 28.9 Å². The van der Waals surface area contributed by atoms with Gasteiger partial charge in [0.1, 0.15) is 0 Å². The highest BCUT2D eigenvalue weighted by Gasteiger charge is 2.20. The zero-order chi connectivity index (χ0) is 15.6. The molecule has 9 heteroatoms. The van der Waals surface area contributed by atoms with E-state index in [9.17, 15) is 19.7 Å².